The zero-order valence-corrected chi connectivity index (χ0v) is 13.0. The molecule has 6 nitrogen and oxygen atoms in total. The molecule has 1 aliphatic heterocycles. The molecule has 4 rings (SSSR count). The van der Waals surface area contributed by atoms with Crippen LogP contribution in [0, 0.1) is 0 Å². The first-order valence-electron chi connectivity index (χ1n) is 7.12. The number of fused-ring (bicyclic) bond motifs is 3. The molecule has 0 amide bonds. The predicted molar refractivity (Wildman–Crippen MR) is 82.8 cm³/mol. The van der Waals surface area contributed by atoms with Gasteiger partial charge in [-0.25, -0.2) is 13.4 Å². The van der Waals surface area contributed by atoms with E-state index in [4.69, 9.17) is 0 Å². The molecule has 7 heteroatoms. The highest BCUT2D eigenvalue weighted by atomic mass is 32.2. The number of hydrogen-bond acceptors (Lipinski definition) is 3. The fourth-order valence-electron chi connectivity index (χ4n) is 3.03. The summed E-state index contributed by atoms with van der Waals surface area (Å²) in [7, 11) is -1.78. The number of nitrogens with zero attached hydrogens (tertiary/aromatic N) is 3. The van der Waals surface area contributed by atoms with Crippen LogP contribution in [0.2, 0.25) is 0 Å². The van der Waals surface area contributed by atoms with Crippen molar-refractivity contribution in [3.05, 3.63) is 48.0 Å². The monoisotopic (exact) mass is 316 g/mol. The standard InChI is InChI=1S/C15H16N4O2S/c1-18-9-15(16-10-18)22(20,21)19-7-6-12-11-4-2-3-5-13(11)17-14(12)8-19/h2-5,9-10,17H,6-8H2,1H3. The summed E-state index contributed by atoms with van der Waals surface area (Å²) < 4.78 is 28.5. The molecule has 2 aromatic heterocycles. The lowest BCUT2D eigenvalue weighted by Gasteiger charge is -2.25. The summed E-state index contributed by atoms with van der Waals surface area (Å²) in [5.74, 6) is 0. The van der Waals surface area contributed by atoms with Crippen molar-refractivity contribution in [3.8, 4) is 0 Å². The van der Waals surface area contributed by atoms with Gasteiger partial charge in [0.05, 0.1) is 12.9 Å². The molecule has 0 unspecified atom stereocenters. The molecule has 0 aliphatic carbocycles. The average molecular weight is 316 g/mol. The van der Waals surface area contributed by atoms with E-state index in [-0.39, 0.29) is 5.03 Å². The van der Waals surface area contributed by atoms with Crippen molar-refractivity contribution in [2.24, 2.45) is 7.05 Å². The van der Waals surface area contributed by atoms with Crippen LogP contribution in [0.25, 0.3) is 10.9 Å². The number of aromatic nitrogens is 3. The number of nitrogens with one attached hydrogen (secondary N) is 1. The molecule has 0 radical (unpaired) electrons. The molecule has 3 heterocycles. The molecule has 0 saturated carbocycles. The van der Waals surface area contributed by atoms with Crippen LogP contribution in [0.15, 0.2) is 41.8 Å². The van der Waals surface area contributed by atoms with E-state index in [1.807, 2.05) is 18.2 Å². The van der Waals surface area contributed by atoms with E-state index in [0.29, 0.717) is 19.5 Å². The molecule has 0 atom stereocenters. The van der Waals surface area contributed by atoms with E-state index in [1.165, 1.54) is 27.8 Å². The number of para-hydroxylation sites is 1. The lowest BCUT2D eigenvalue weighted by molar-refractivity contribution is 0.387. The maximum absolute atomic E-state index is 12.7. The van der Waals surface area contributed by atoms with Gasteiger partial charge in [-0.2, -0.15) is 4.31 Å². The van der Waals surface area contributed by atoms with Gasteiger partial charge in [0, 0.05) is 36.4 Å². The van der Waals surface area contributed by atoms with Crippen molar-refractivity contribution in [2.75, 3.05) is 6.54 Å². The third kappa shape index (κ3) is 1.97. The summed E-state index contributed by atoms with van der Waals surface area (Å²) in [5.41, 5.74) is 3.26. The van der Waals surface area contributed by atoms with Crippen molar-refractivity contribution in [1.82, 2.24) is 18.8 Å². The Balaban J connectivity index is 1.72. The summed E-state index contributed by atoms with van der Waals surface area (Å²) in [6.07, 6.45) is 3.76. The normalized spacial score (nSPS) is 16.0. The molecule has 114 valence electrons. The summed E-state index contributed by atoms with van der Waals surface area (Å²) in [4.78, 5) is 7.33. The van der Waals surface area contributed by atoms with Gasteiger partial charge in [0.2, 0.25) is 0 Å². The summed E-state index contributed by atoms with van der Waals surface area (Å²) in [5, 5.41) is 1.29. The average Bonchev–Trinajstić information content (AvgIpc) is 3.10. The Bertz CT molecular complexity index is 955. The lowest BCUT2D eigenvalue weighted by atomic mass is 10.1. The first-order valence-corrected chi connectivity index (χ1v) is 8.56. The minimum Gasteiger partial charge on any atom is -0.357 e. The van der Waals surface area contributed by atoms with Crippen molar-refractivity contribution in [1.29, 1.82) is 0 Å². The van der Waals surface area contributed by atoms with Crippen LogP contribution in [0.4, 0.5) is 0 Å². The van der Waals surface area contributed by atoms with E-state index in [9.17, 15) is 8.42 Å². The zero-order valence-electron chi connectivity index (χ0n) is 12.2. The molecular weight excluding hydrogens is 300 g/mol. The van der Waals surface area contributed by atoms with Crippen LogP contribution in [0.3, 0.4) is 0 Å². The van der Waals surface area contributed by atoms with Crippen molar-refractivity contribution in [2.45, 2.75) is 18.0 Å². The number of sulfonamides is 1. The molecule has 3 aromatic rings. The van der Waals surface area contributed by atoms with Gasteiger partial charge in [-0.3, -0.25) is 0 Å². The van der Waals surface area contributed by atoms with E-state index < -0.39 is 10.0 Å². The van der Waals surface area contributed by atoms with Gasteiger partial charge in [-0.15, -0.1) is 0 Å². The van der Waals surface area contributed by atoms with Gasteiger partial charge in [0.15, 0.2) is 5.03 Å². The van der Waals surface area contributed by atoms with E-state index >= 15 is 0 Å². The first kappa shape index (κ1) is 13.5. The molecule has 0 spiro atoms. The zero-order chi connectivity index (χ0) is 15.3. The molecular formula is C15H16N4O2S. The quantitative estimate of drug-likeness (QED) is 0.781. The number of hydrogen-bond donors (Lipinski definition) is 1. The first-order chi connectivity index (χ1) is 10.6. The van der Waals surface area contributed by atoms with Crippen LogP contribution in [-0.4, -0.2) is 33.8 Å². The summed E-state index contributed by atoms with van der Waals surface area (Å²) in [6.45, 7) is 0.844. The fraction of sp³-hybridized carbons (Fsp3) is 0.267. The molecule has 1 aromatic carbocycles. The Labute approximate surface area is 128 Å². The number of benzene rings is 1. The summed E-state index contributed by atoms with van der Waals surface area (Å²) >= 11 is 0. The number of imidazole rings is 1. The van der Waals surface area contributed by atoms with Gasteiger partial charge in [-0.05, 0) is 18.1 Å². The fourth-order valence-corrected chi connectivity index (χ4v) is 4.40. The van der Waals surface area contributed by atoms with Crippen molar-refractivity contribution >= 4 is 20.9 Å². The maximum Gasteiger partial charge on any atom is 0.262 e. The predicted octanol–water partition coefficient (Wildman–Crippen LogP) is 1.65. The van der Waals surface area contributed by atoms with E-state index in [2.05, 4.69) is 16.0 Å². The van der Waals surface area contributed by atoms with Crippen LogP contribution >= 0.6 is 0 Å². The van der Waals surface area contributed by atoms with Crippen LogP contribution < -0.4 is 0 Å². The molecule has 1 N–H and O–H groups in total. The number of aryl methyl sites for hydroxylation is 1. The number of rotatable bonds is 2. The van der Waals surface area contributed by atoms with Crippen LogP contribution in [-0.2, 0) is 30.0 Å². The lowest BCUT2D eigenvalue weighted by Crippen LogP contribution is -2.36. The minimum absolute atomic E-state index is 0.106. The third-order valence-electron chi connectivity index (χ3n) is 4.13. The highest BCUT2D eigenvalue weighted by Gasteiger charge is 2.31. The van der Waals surface area contributed by atoms with Crippen LogP contribution in [0.5, 0.6) is 0 Å². The second-order valence-electron chi connectivity index (χ2n) is 5.59. The Hall–Kier alpha value is -2.12. The Kier molecular flexibility index (Phi) is 2.88. The maximum atomic E-state index is 12.7. The van der Waals surface area contributed by atoms with Gasteiger partial charge in [-0.1, -0.05) is 18.2 Å². The van der Waals surface area contributed by atoms with Crippen LogP contribution in [0.1, 0.15) is 11.3 Å². The second-order valence-corrected chi connectivity index (χ2v) is 7.48. The number of aromatic amines is 1. The molecule has 22 heavy (non-hydrogen) atoms. The highest BCUT2D eigenvalue weighted by Crippen LogP contribution is 2.29. The molecule has 0 saturated heterocycles. The number of H-pyrrole nitrogens is 1. The Morgan fingerprint density at radius 3 is 2.86 bits per heavy atom. The Morgan fingerprint density at radius 1 is 1.27 bits per heavy atom. The van der Waals surface area contributed by atoms with Gasteiger partial charge in [0.25, 0.3) is 10.0 Å². The van der Waals surface area contributed by atoms with E-state index in [1.54, 1.807) is 11.6 Å². The van der Waals surface area contributed by atoms with Gasteiger partial charge < -0.3 is 9.55 Å². The van der Waals surface area contributed by atoms with Crippen molar-refractivity contribution in [3.63, 3.8) is 0 Å². The Morgan fingerprint density at radius 2 is 2.09 bits per heavy atom. The largest absolute Gasteiger partial charge is 0.357 e. The van der Waals surface area contributed by atoms with Gasteiger partial charge >= 0.3 is 0 Å². The van der Waals surface area contributed by atoms with E-state index in [0.717, 1.165) is 11.2 Å². The second kappa shape index (κ2) is 4.69. The molecule has 0 fully saturated rings. The minimum atomic E-state index is -3.54. The third-order valence-corrected chi connectivity index (χ3v) is 5.86. The van der Waals surface area contributed by atoms with Crippen molar-refractivity contribution < 1.29 is 8.42 Å². The summed E-state index contributed by atoms with van der Waals surface area (Å²) in [6, 6.07) is 8.08. The smallest absolute Gasteiger partial charge is 0.262 e. The molecule has 0 bridgehead atoms. The SMILES string of the molecule is Cn1cnc(S(=O)(=O)N2CCc3c([nH]c4ccccc34)C2)c1. The molecule has 1 aliphatic rings. The highest BCUT2D eigenvalue weighted by molar-refractivity contribution is 7.89. The topological polar surface area (TPSA) is 71.0 Å². The van der Waals surface area contributed by atoms with Gasteiger partial charge in [0.1, 0.15) is 0 Å².